The van der Waals surface area contributed by atoms with Gasteiger partial charge in [-0.2, -0.15) is 0 Å². The second-order valence-corrected chi connectivity index (χ2v) is 5.38. The number of methoxy groups -OCH3 is 1. The van der Waals surface area contributed by atoms with Crippen molar-refractivity contribution >= 4 is 33.8 Å². The van der Waals surface area contributed by atoms with Crippen molar-refractivity contribution in [2.75, 3.05) is 7.11 Å². The minimum atomic E-state index is 0.322. The summed E-state index contributed by atoms with van der Waals surface area (Å²) in [5, 5.41) is 0.406. The van der Waals surface area contributed by atoms with E-state index in [1.807, 2.05) is 18.2 Å². The molecule has 5 heteroatoms. The fraction of sp³-hybridized carbons (Fsp3) is 0.133. The summed E-state index contributed by atoms with van der Waals surface area (Å²) in [6.45, 7) is 0.322. The van der Waals surface area contributed by atoms with Crippen molar-refractivity contribution in [1.29, 1.82) is 0 Å². The smallest absolute Gasteiger partial charge is 0.150 e. The fourth-order valence-corrected chi connectivity index (χ4v) is 2.37. The molecule has 0 atom stereocenters. The largest absolute Gasteiger partial charge is 0.496 e. The van der Waals surface area contributed by atoms with Gasteiger partial charge in [0.25, 0.3) is 0 Å². The van der Waals surface area contributed by atoms with Crippen LogP contribution in [-0.4, -0.2) is 13.4 Å². The SMILES string of the molecule is COc1ccc(Br)cc1COc1ccc(C=O)cc1Cl. The van der Waals surface area contributed by atoms with Crippen molar-refractivity contribution in [2.45, 2.75) is 6.61 Å². The van der Waals surface area contributed by atoms with Crippen molar-refractivity contribution < 1.29 is 14.3 Å². The van der Waals surface area contributed by atoms with E-state index in [0.29, 0.717) is 22.9 Å². The molecule has 20 heavy (non-hydrogen) atoms. The van der Waals surface area contributed by atoms with Gasteiger partial charge in [-0.3, -0.25) is 4.79 Å². The zero-order chi connectivity index (χ0) is 14.5. The van der Waals surface area contributed by atoms with E-state index in [9.17, 15) is 4.79 Å². The highest BCUT2D eigenvalue weighted by molar-refractivity contribution is 9.10. The maximum absolute atomic E-state index is 10.6. The zero-order valence-corrected chi connectivity index (χ0v) is 13.1. The molecule has 104 valence electrons. The fourth-order valence-electron chi connectivity index (χ4n) is 1.72. The van der Waals surface area contributed by atoms with Crippen molar-refractivity contribution in [1.82, 2.24) is 0 Å². The number of hydrogen-bond donors (Lipinski definition) is 0. The van der Waals surface area contributed by atoms with Gasteiger partial charge in [-0.25, -0.2) is 0 Å². The van der Waals surface area contributed by atoms with Gasteiger partial charge in [0.05, 0.1) is 12.1 Å². The molecule has 2 aromatic carbocycles. The predicted molar refractivity (Wildman–Crippen MR) is 81.9 cm³/mol. The molecule has 0 N–H and O–H groups in total. The van der Waals surface area contributed by atoms with E-state index in [4.69, 9.17) is 21.1 Å². The van der Waals surface area contributed by atoms with Gasteiger partial charge in [0.2, 0.25) is 0 Å². The number of carbonyl (C=O) groups is 1. The van der Waals surface area contributed by atoms with E-state index in [-0.39, 0.29) is 0 Å². The average Bonchev–Trinajstić information content (AvgIpc) is 2.46. The minimum Gasteiger partial charge on any atom is -0.496 e. The maximum Gasteiger partial charge on any atom is 0.150 e. The van der Waals surface area contributed by atoms with Crippen LogP contribution in [0, 0.1) is 0 Å². The Morgan fingerprint density at radius 3 is 2.60 bits per heavy atom. The van der Waals surface area contributed by atoms with Crippen LogP contribution in [0.15, 0.2) is 40.9 Å². The quantitative estimate of drug-likeness (QED) is 0.741. The summed E-state index contributed by atoms with van der Waals surface area (Å²) in [7, 11) is 1.61. The first kappa shape index (κ1) is 14.9. The molecule has 0 radical (unpaired) electrons. The van der Waals surface area contributed by atoms with Crippen molar-refractivity contribution in [2.24, 2.45) is 0 Å². The third kappa shape index (κ3) is 3.52. The van der Waals surface area contributed by atoms with Gasteiger partial charge in [0.1, 0.15) is 24.4 Å². The summed E-state index contributed by atoms with van der Waals surface area (Å²) in [5.41, 5.74) is 1.42. The van der Waals surface area contributed by atoms with E-state index in [1.54, 1.807) is 25.3 Å². The molecule has 0 aromatic heterocycles. The van der Waals surface area contributed by atoms with E-state index in [1.165, 1.54) is 0 Å². The lowest BCUT2D eigenvalue weighted by atomic mass is 10.2. The normalized spacial score (nSPS) is 10.2. The monoisotopic (exact) mass is 354 g/mol. The molecule has 0 bridgehead atoms. The molecule has 0 spiro atoms. The Bertz CT molecular complexity index is 629. The highest BCUT2D eigenvalue weighted by Gasteiger charge is 2.07. The van der Waals surface area contributed by atoms with Crippen LogP contribution in [0.2, 0.25) is 5.02 Å². The summed E-state index contributed by atoms with van der Waals surface area (Å²) < 4.78 is 11.9. The van der Waals surface area contributed by atoms with Gasteiger partial charge in [0.15, 0.2) is 0 Å². The molecule has 0 saturated heterocycles. The van der Waals surface area contributed by atoms with Crippen LogP contribution in [0.1, 0.15) is 15.9 Å². The van der Waals surface area contributed by atoms with Crippen molar-refractivity contribution in [3.05, 3.63) is 57.0 Å². The summed E-state index contributed by atoms with van der Waals surface area (Å²) in [6, 6.07) is 10.6. The van der Waals surface area contributed by atoms with Crippen molar-refractivity contribution in [3.63, 3.8) is 0 Å². The number of hydrogen-bond acceptors (Lipinski definition) is 3. The van der Waals surface area contributed by atoms with Crippen LogP contribution in [0.5, 0.6) is 11.5 Å². The van der Waals surface area contributed by atoms with Crippen LogP contribution in [0.4, 0.5) is 0 Å². The van der Waals surface area contributed by atoms with Gasteiger partial charge < -0.3 is 9.47 Å². The standard InChI is InChI=1S/C15H12BrClO3/c1-19-14-5-3-12(16)7-11(14)9-20-15-4-2-10(8-18)6-13(15)17/h2-8H,9H2,1H3. The summed E-state index contributed by atoms with van der Waals surface area (Å²) in [5.74, 6) is 1.27. The maximum atomic E-state index is 10.6. The third-order valence-corrected chi connectivity index (χ3v) is 3.51. The number of carbonyl (C=O) groups excluding carboxylic acids is 1. The lowest BCUT2D eigenvalue weighted by Gasteiger charge is -2.12. The molecular formula is C15H12BrClO3. The topological polar surface area (TPSA) is 35.5 Å². The van der Waals surface area contributed by atoms with Crippen LogP contribution < -0.4 is 9.47 Å². The molecule has 0 aliphatic rings. The number of ether oxygens (including phenoxy) is 2. The molecular weight excluding hydrogens is 344 g/mol. The molecule has 0 aliphatic carbocycles. The highest BCUT2D eigenvalue weighted by Crippen LogP contribution is 2.28. The Balaban J connectivity index is 2.16. The number of benzene rings is 2. The number of aldehydes is 1. The molecule has 0 heterocycles. The predicted octanol–water partition coefficient (Wildman–Crippen LogP) is 4.50. The van der Waals surface area contributed by atoms with Gasteiger partial charge in [-0.1, -0.05) is 27.5 Å². The van der Waals surface area contributed by atoms with Gasteiger partial charge in [-0.05, 0) is 36.4 Å². The first-order valence-corrected chi connectivity index (χ1v) is 7.01. The highest BCUT2D eigenvalue weighted by atomic mass is 79.9. The molecule has 0 amide bonds. The number of rotatable bonds is 5. The number of halogens is 2. The van der Waals surface area contributed by atoms with Crippen molar-refractivity contribution in [3.8, 4) is 11.5 Å². The summed E-state index contributed by atoms with van der Waals surface area (Å²) in [6.07, 6.45) is 0.743. The van der Waals surface area contributed by atoms with E-state index in [0.717, 1.165) is 22.1 Å². The second kappa shape index (κ2) is 6.77. The van der Waals surface area contributed by atoms with Gasteiger partial charge in [-0.15, -0.1) is 0 Å². The molecule has 0 aliphatic heterocycles. The Hall–Kier alpha value is -1.52. The Kier molecular flexibility index (Phi) is 5.04. The van der Waals surface area contributed by atoms with Gasteiger partial charge >= 0.3 is 0 Å². The molecule has 0 saturated carbocycles. The summed E-state index contributed by atoms with van der Waals surface area (Å²) in [4.78, 5) is 10.6. The van der Waals surface area contributed by atoms with Crippen LogP contribution in [0.3, 0.4) is 0 Å². The summed E-state index contributed by atoms with van der Waals surface area (Å²) >= 11 is 9.46. The second-order valence-electron chi connectivity index (χ2n) is 4.05. The van der Waals surface area contributed by atoms with Crippen LogP contribution in [0.25, 0.3) is 0 Å². The van der Waals surface area contributed by atoms with E-state index >= 15 is 0 Å². The molecule has 3 nitrogen and oxygen atoms in total. The Morgan fingerprint density at radius 2 is 1.95 bits per heavy atom. The zero-order valence-electron chi connectivity index (χ0n) is 10.7. The molecule has 0 fully saturated rings. The lowest BCUT2D eigenvalue weighted by molar-refractivity contribution is 0.112. The van der Waals surface area contributed by atoms with E-state index in [2.05, 4.69) is 15.9 Å². The first-order valence-electron chi connectivity index (χ1n) is 5.84. The van der Waals surface area contributed by atoms with E-state index < -0.39 is 0 Å². The Morgan fingerprint density at radius 1 is 1.20 bits per heavy atom. The van der Waals surface area contributed by atoms with Gasteiger partial charge in [0, 0.05) is 15.6 Å². The molecule has 2 rings (SSSR count). The van der Waals surface area contributed by atoms with Crippen LogP contribution >= 0.6 is 27.5 Å². The average molecular weight is 356 g/mol. The Labute approximate surface area is 130 Å². The first-order chi connectivity index (χ1) is 9.63. The third-order valence-electron chi connectivity index (χ3n) is 2.72. The molecule has 0 unspecified atom stereocenters. The van der Waals surface area contributed by atoms with Crippen LogP contribution in [-0.2, 0) is 6.61 Å². The molecule has 2 aromatic rings. The lowest BCUT2D eigenvalue weighted by Crippen LogP contribution is -1.99. The minimum absolute atomic E-state index is 0.322.